The summed E-state index contributed by atoms with van der Waals surface area (Å²) in [4.78, 5) is 22.5. The van der Waals surface area contributed by atoms with Crippen molar-refractivity contribution in [3.05, 3.63) is 0 Å². The number of amides is 2. The molecule has 17 heavy (non-hydrogen) atoms. The fourth-order valence-corrected chi connectivity index (χ4v) is 2.05. The first kappa shape index (κ1) is 13.9. The maximum atomic E-state index is 11.6. The second-order valence-electron chi connectivity index (χ2n) is 4.52. The van der Waals surface area contributed by atoms with Crippen LogP contribution in [-0.2, 0) is 9.59 Å². The summed E-state index contributed by atoms with van der Waals surface area (Å²) in [5.41, 5.74) is 6.93. The molecule has 6 heteroatoms. The summed E-state index contributed by atoms with van der Waals surface area (Å²) in [6.45, 7) is 0. The van der Waals surface area contributed by atoms with Gasteiger partial charge in [-0.05, 0) is 19.3 Å². The maximum Gasteiger partial charge on any atom is 0.260 e. The van der Waals surface area contributed by atoms with Crippen molar-refractivity contribution in [1.82, 2.24) is 10.8 Å². The van der Waals surface area contributed by atoms with Gasteiger partial charge in [-0.15, -0.1) is 0 Å². The molecule has 0 spiro atoms. The van der Waals surface area contributed by atoms with Gasteiger partial charge in [-0.3, -0.25) is 14.8 Å². The van der Waals surface area contributed by atoms with Gasteiger partial charge >= 0.3 is 0 Å². The van der Waals surface area contributed by atoms with Gasteiger partial charge < -0.3 is 11.1 Å². The van der Waals surface area contributed by atoms with Crippen LogP contribution in [0, 0.1) is 0 Å². The van der Waals surface area contributed by atoms with Gasteiger partial charge in [0.25, 0.3) is 5.91 Å². The van der Waals surface area contributed by atoms with Crippen molar-refractivity contribution in [2.24, 2.45) is 5.73 Å². The maximum absolute atomic E-state index is 11.6. The molecule has 6 nitrogen and oxygen atoms in total. The molecule has 0 aromatic heterocycles. The summed E-state index contributed by atoms with van der Waals surface area (Å²) in [6.07, 6.45) is 6.10. The van der Waals surface area contributed by atoms with Gasteiger partial charge in [0, 0.05) is 12.5 Å². The Hall–Kier alpha value is -1.14. The Balaban J connectivity index is 2.18. The van der Waals surface area contributed by atoms with Crippen LogP contribution in [0.25, 0.3) is 0 Å². The minimum absolute atomic E-state index is 0.0712. The summed E-state index contributed by atoms with van der Waals surface area (Å²) in [7, 11) is 0. The quantitative estimate of drug-likeness (QED) is 0.404. The van der Waals surface area contributed by atoms with Crippen molar-refractivity contribution in [2.75, 3.05) is 0 Å². The minimum atomic E-state index is -0.836. The molecular formula is C11H21N3O3. The Morgan fingerprint density at radius 2 is 1.94 bits per heavy atom. The molecule has 0 radical (unpaired) electrons. The topological polar surface area (TPSA) is 104 Å². The second-order valence-corrected chi connectivity index (χ2v) is 4.52. The SMILES string of the molecule is NC(CCC(=O)NC1CCCCC1)C(=O)NO. The van der Waals surface area contributed by atoms with Crippen molar-refractivity contribution < 1.29 is 14.8 Å². The van der Waals surface area contributed by atoms with E-state index in [1.165, 1.54) is 11.9 Å². The lowest BCUT2D eigenvalue weighted by atomic mass is 9.95. The van der Waals surface area contributed by atoms with Crippen LogP contribution in [0.1, 0.15) is 44.9 Å². The fraction of sp³-hybridized carbons (Fsp3) is 0.818. The molecule has 1 rings (SSSR count). The summed E-state index contributed by atoms with van der Waals surface area (Å²) < 4.78 is 0. The van der Waals surface area contributed by atoms with Crippen LogP contribution in [0.3, 0.4) is 0 Å². The van der Waals surface area contributed by atoms with E-state index in [4.69, 9.17) is 10.9 Å². The molecular weight excluding hydrogens is 222 g/mol. The van der Waals surface area contributed by atoms with Gasteiger partial charge in [-0.25, -0.2) is 5.48 Å². The lowest BCUT2D eigenvalue weighted by molar-refractivity contribution is -0.130. The molecule has 0 saturated heterocycles. The molecule has 0 heterocycles. The first-order valence-electron chi connectivity index (χ1n) is 6.12. The third-order valence-corrected chi connectivity index (χ3v) is 3.10. The molecule has 1 fully saturated rings. The number of carbonyl (C=O) groups is 2. The number of carbonyl (C=O) groups excluding carboxylic acids is 2. The minimum Gasteiger partial charge on any atom is -0.353 e. The van der Waals surface area contributed by atoms with Crippen molar-refractivity contribution >= 4 is 11.8 Å². The predicted molar refractivity (Wildman–Crippen MR) is 62.2 cm³/mol. The van der Waals surface area contributed by atoms with E-state index in [0.717, 1.165) is 25.7 Å². The lowest BCUT2D eigenvalue weighted by Crippen LogP contribution is -2.41. The molecule has 0 aromatic rings. The van der Waals surface area contributed by atoms with Crippen LogP contribution < -0.4 is 16.5 Å². The van der Waals surface area contributed by atoms with Crippen LogP contribution in [-0.4, -0.2) is 29.1 Å². The van der Waals surface area contributed by atoms with E-state index < -0.39 is 11.9 Å². The molecule has 1 unspecified atom stereocenters. The smallest absolute Gasteiger partial charge is 0.260 e. The van der Waals surface area contributed by atoms with E-state index in [-0.39, 0.29) is 24.8 Å². The van der Waals surface area contributed by atoms with Crippen LogP contribution >= 0.6 is 0 Å². The number of hydroxylamine groups is 1. The van der Waals surface area contributed by atoms with E-state index >= 15 is 0 Å². The molecule has 0 aliphatic heterocycles. The fourth-order valence-electron chi connectivity index (χ4n) is 2.05. The first-order chi connectivity index (χ1) is 8.13. The first-order valence-corrected chi connectivity index (χ1v) is 6.12. The van der Waals surface area contributed by atoms with Crippen molar-refractivity contribution in [2.45, 2.75) is 57.0 Å². The van der Waals surface area contributed by atoms with E-state index in [1.54, 1.807) is 0 Å². The number of nitrogens with one attached hydrogen (secondary N) is 2. The lowest BCUT2D eigenvalue weighted by Gasteiger charge is -2.22. The molecule has 0 bridgehead atoms. The number of rotatable bonds is 5. The van der Waals surface area contributed by atoms with E-state index in [0.29, 0.717) is 0 Å². The Bertz CT molecular complexity index is 265. The third kappa shape index (κ3) is 5.14. The average molecular weight is 243 g/mol. The Morgan fingerprint density at radius 3 is 2.53 bits per heavy atom. The van der Waals surface area contributed by atoms with Gasteiger partial charge in [0.05, 0.1) is 6.04 Å². The van der Waals surface area contributed by atoms with Crippen LogP contribution in [0.15, 0.2) is 0 Å². The third-order valence-electron chi connectivity index (χ3n) is 3.10. The molecule has 5 N–H and O–H groups in total. The normalized spacial score (nSPS) is 18.5. The van der Waals surface area contributed by atoms with Crippen LogP contribution in [0.4, 0.5) is 0 Å². The molecule has 98 valence electrons. The number of hydrogen-bond acceptors (Lipinski definition) is 4. The zero-order valence-electron chi connectivity index (χ0n) is 9.95. The Morgan fingerprint density at radius 1 is 1.29 bits per heavy atom. The largest absolute Gasteiger partial charge is 0.353 e. The molecule has 1 aliphatic carbocycles. The monoisotopic (exact) mass is 243 g/mol. The number of hydrogen-bond donors (Lipinski definition) is 4. The van der Waals surface area contributed by atoms with Crippen molar-refractivity contribution in [3.8, 4) is 0 Å². The van der Waals surface area contributed by atoms with Crippen molar-refractivity contribution in [1.29, 1.82) is 0 Å². The molecule has 0 aromatic carbocycles. The standard InChI is InChI=1S/C11H21N3O3/c12-9(11(16)14-17)6-7-10(15)13-8-4-2-1-3-5-8/h8-9,17H,1-7,12H2,(H,13,15)(H,14,16). The predicted octanol–water partition coefficient (Wildman–Crippen LogP) is 0.0482. The van der Waals surface area contributed by atoms with Gasteiger partial charge in [0.1, 0.15) is 0 Å². The average Bonchev–Trinajstić information content (AvgIpc) is 2.36. The van der Waals surface area contributed by atoms with E-state index in [1.807, 2.05) is 0 Å². The summed E-state index contributed by atoms with van der Waals surface area (Å²) >= 11 is 0. The zero-order valence-corrected chi connectivity index (χ0v) is 9.95. The van der Waals surface area contributed by atoms with Gasteiger partial charge in [0.15, 0.2) is 0 Å². The Labute approximate surface area is 101 Å². The second kappa shape index (κ2) is 7.24. The highest BCUT2D eigenvalue weighted by atomic mass is 16.5. The van der Waals surface area contributed by atoms with Crippen LogP contribution in [0.5, 0.6) is 0 Å². The van der Waals surface area contributed by atoms with Crippen molar-refractivity contribution in [3.63, 3.8) is 0 Å². The summed E-state index contributed by atoms with van der Waals surface area (Å²) in [5.74, 6) is -0.728. The highest BCUT2D eigenvalue weighted by Gasteiger charge is 2.18. The summed E-state index contributed by atoms with van der Waals surface area (Å²) in [6, 6.07) is -0.559. The Kier molecular flexibility index (Phi) is 5.93. The zero-order chi connectivity index (χ0) is 12.7. The number of nitrogens with two attached hydrogens (primary N) is 1. The summed E-state index contributed by atoms with van der Waals surface area (Å²) in [5, 5.41) is 11.3. The van der Waals surface area contributed by atoms with E-state index in [9.17, 15) is 9.59 Å². The molecule has 2 amide bonds. The molecule has 1 aliphatic rings. The highest BCUT2D eigenvalue weighted by molar-refractivity contribution is 5.82. The van der Waals surface area contributed by atoms with Gasteiger partial charge in [0.2, 0.25) is 5.91 Å². The highest BCUT2D eigenvalue weighted by Crippen LogP contribution is 2.17. The van der Waals surface area contributed by atoms with Crippen LogP contribution in [0.2, 0.25) is 0 Å². The van der Waals surface area contributed by atoms with E-state index in [2.05, 4.69) is 5.32 Å². The molecule has 1 atom stereocenters. The van der Waals surface area contributed by atoms with Gasteiger partial charge in [-0.2, -0.15) is 0 Å². The van der Waals surface area contributed by atoms with Gasteiger partial charge in [-0.1, -0.05) is 19.3 Å². The molecule has 1 saturated carbocycles.